The number of likely N-dealkylation sites (N-methyl/N-ethyl adjacent to an activating group) is 1. The molecule has 0 saturated carbocycles. The van der Waals surface area contributed by atoms with Crippen LogP contribution in [0.15, 0.2) is 29.3 Å². The van der Waals surface area contributed by atoms with Crippen LogP contribution < -0.4 is 10.1 Å². The molecular formula is C21H38IN5O. The van der Waals surface area contributed by atoms with Gasteiger partial charge in [-0.05, 0) is 26.5 Å². The Morgan fingerprint density at radius 3 is 2.50 bits per heavy atom. The summed E-state index contributed by atoms with van der Waals surface area (Å²) in [5, 5.41) is 3.42. The maximum absolute atomic E-state index is 5.48. The zero-order valence-electron chi connectivity index (χ0n) is 18.1. The highest BCUT2D eigenvalue weighted by Gasteiger charge is 2.20. The number of guanidine groups is 1. The predicted octanol–water partition coefficient (Wildman–Crippen LogP) is 2.74. The van der Waals surface area contributed by atoms with Crippen molar-refractivity contribution in [3.63, 3.8) is 0 Å². The van der Waals surface area contributed by atoms with E-state index in [9.17, 15) is 0 Å². The zero-order chi connectivity index (χ0) is 19.6. The zero-order valence-corrected chi connectivity index (χ0v) is 20.5. The molecule has 2 rings (SSSR count). The average molecular weight is 503 g/mol. The Labute approximate surface area is 188 Å². The summed E-state index contributed by atoms with van der Waals surface area (Å²) in [4.78, 5) is 12.2. The van der Waals surface area contributed by atoms with Crippen molar-refractivity contribution in [3.05, 3.63) is 29.8 Å². The molecule has 1 fully saturated rings. The van der Waals surface area contributed by atoms with Crippen LogP contribution in [0, 0.1) is 0 Å². The third-order valence-electron chi connectivity index (χ3n) is 5.28. The molecule has 1 heterocycles. The molecule has 28 heavy (non-hydrogen) atoms. The second-order valence-corrected chi connectivity index (χ2v) is 7.18. The first-order valence-electron chi connectivity index (χ1n) is 10.2. The molecule has 0 radical (unpaired) electrons. The SMILES string of the molecule is CCNC(=NCC(C)N1CCN(CC)CC1)N(C)Cc1ccccc1OC.I. The molecule has 1 aromatic carbocycles. The number of halogens is 1. The van der Waals surface area contributed by atoms with Crippen LogP contribution in [0.5, 0.6) is 5.75 Å². The third-order valence-corrected chi connectivity index (χ3v) is 5.28. The lowest BCUT2D eigenvalue weighted by molar-refractivity contribution is 0.109. The van der Waals surface area contributed by atoms with E-state index in [1.807, 2.05) is 18.2 Å². The Bertz CT molecular complexity index is 590. The van der Waals surface area contributed by atoms with Crippen molar-refractivity contribution in [2.45, 2.75) is 33.4 Å². The first-order valence-corrected chi connectivity index (χ1v) is 10.2. The van der Waals surface area contributed by atoms with E-state index in [2.05, 4.69) is 53.9 Å². The number of para-hydroxylation sites is 1. The molecule has 0 spiro atoms. The molecular weight excluding hydrogens is 465 g/mol. The standard InChI is InChI=1S/C21H37N5O.HI/c1-6-22-21(24(4)17-19-10-8-9-11-20(19)27-5)23-16-18(3)26-14-12-25(7-2)13-15-26;/h8-11,18H,6-7,12-17H2,1-5H3,(H,22,23);1H. The van der Waals surface area contributed by atoms with E-state index in [4.69, 9.17) is 9.73 Å². The number of hydrogen-bond acceptors (Lipinski definition) is 4. The fourth-order valence-electron chi connectivity index (χ4n) is 3.49. The Morgan fingerprint density at radius 1 is 1.21 bits per heavy atom. The minimum absolute atomic E-state index is 0. The lowest BCUT2D eigenvalue weighted by Crippen LogP contribution is -2.50. The van der Waals surface area contributed by atoms with Crippen LogP contribution >= 0.6 is 24.0 Å². The quantitative estimate of drug-likeness (QED) is 0.336. The van der Waals surface area contributed by atoms with Gasteiger partial charge in [-0.3, -0.25) is 9.89 Å². The van der Waals surface area contributed by atoms with Gasteiger partial charge < -0.3 is 19.9 Å². The number of nitrogens with zero attached hydrogens (tertiary/aromatic N) is 4. The summed E-state index contributed by atoms with van der Waals surface area (Å²) >= 11 is 0. The van der Waals surface area contributed by atoms with Gasteiger partial charge >= 0.3 is 0 Å². The molecule has 1 aliphatic rings. The van der Waals surface area contributed by atoms with Crippen molar-refractivity contribution >= 4 is 29.9 Å². The Balaban J connectivity index is 0.00000392. The summed E-state index contributed by atoms with van der Waals surface area (Å²) in [6.45, 7) is 14.8. The summed E-state index contributed by atoms with van der Waals surface area (Å²) < 4.78 is 5.48. The van der Waals surface area contributed by atoms with Crippen molar-refractivity contribution in [1.82, 2.24) is 20.0 Å². The van der Waals surface area contributed by atoms with Crippen LogP contribution in [0.4, 0.5) is 0 Å². The van der Waals surface area contributed by atoms with Crippen molar-refractivity contribution in [2.24, 2.45) is 4.99 Å². The molecule has 1 saturated heterocycles. The molecule has 0 bridgehead atoms. The van der Waals surface area contributed by atoms with E-state index in [-0.39, 0.29) is 24.0 Å². The molecule has 7 heteroatoms. The Hall–Kier alpha value is -1.06. The van der Waals surface area contributed by atoms with E-state index in [1.54, 1.807) is 7.11 Å². The molecule has 1 N–H and O–H groups in total. The summed E-state index contributed by atoms with van der Waals surface area (Å²) in [5.74, 6) is 1.87. The normalized spacial score (nSPS) is 17.0. The van der Waals surface area contributed by atoms with Crippen LogP contribution in [0.25, 0.3) is 0 Å². The number of benzene rings is 1. The van der Waals surface area contributed by atoms with Gasteiger partial charge in [0.05, 0.1) is 13.7 Å². The van der Waals surface area contributed by atoms with E-state index in [0.29, 0.717) is 6.04 Å². The van der Waals surface area contributed by atoms with Crippen LogP contribution in [0.2, 0.25) is 0 Å². The number of nitrogens with one attached hydrogen (secondary N) is 1. The van der Waals surface area contributed by atoms with Crippen LogP contribution in [0.3, 0.4) is 0 Å². The number of aliphatic imine (C=N–C) groups is 1. The summed E-state index contributed by atoms with van der Waals surface area (Å²) in [6.07, 6.45) is 0. The fourth-order valence-corrected chi connectivity index (χ4v) is 3.49. The van der Waals surface area contributed by atoms with E-state index in [1.165, 1.54) is 13.1 Å². The van der Waals surface area contributed by atoms with E-state index >= 15 is 0 Å². The molecule has 6 nitrogen and oxygen atoms in total. The maximum Gasteiger partial charge on any atom is 0.194 e. The van der Waals surface area contributed by atoms with Gasteiger partial charge in [-0.25, -0.2) is 0 Å². The lowest BCUT2D eigenvalue weighted by Gasteiger charge is -2.37. The van der Waals surface area contributed by atoms with Crippen molar-refractivity contribution < 1.29 is 4.74 Å². The highest BCUT2D eigenvalue weighted by Crippen LogP contribution is 2.18. The highest BCUT2D eigenvalue weighted by atomic mass is 127. The van der Waals surface area contributed by atoms with Crippen LogP contribution in [-0.4, -0.2) is 86.7 Å². The van der Waals surface area contributed by atoms with Gasteiger partial charge in [-0.15, -0.1) is 24.0 Å². The van der Waals surface area contributed by atoms with Gasteiger partial charge in [-0.2, -0.15) is 0 Å². The first-order chi connectivity index (χ1) is 13.1. The molecule has 160 valence electrons. The molecule has 0 amide bonds. The number of hydrogen-bond donors (Lipinski definition) is 1. The topological polar surface area (TPSA) is 43.3 Å². The predicted molar refractivity (Wildman–Crippen MR) is 129 cm³/mol. The summed E-state index contributed by atoms with van der Waals surface area (Å²) in [6, 6.07) is 8.62. The maximum atomic E-state index is 5.48. The third kappa shape index (κ3) is 7.40. The van der Waals surface area contributed by atoms with E-state index < -0.39 is 0 Å². The number of piperazine rings is 1. The molecule has 1 unspecified atom stereocenters. The highest BCUT2D eigenvalue weighted by molar-refractivity contribution is 14.0. The van der Waals surface area contributed by atoms with Gasteiger partial charge in [-0.1, -0.05) is 25.1 Å². The Kier molecular flexibility index (Phi) is 11.8. The second kappa shape index (κ2) is 13.2. The largest absolute Gasteiger partial charge is 0.496 e. The van der Waals surface area contributed by atoms with Crippen molar-refractivity contribution in [1.29, 1.82) is 0 Å². The average Bonchev–Trinajstić information content (AvgIpc) is 2.71. The molecule has 1 aromatic rings. The smallest absolute Gasteiger partial charge is 0.194 e. The van der Waals surface area contributed by atoms with Crippen LogP contribution in [0.1, 0.15) is 26.3 Å². The minimum Gasteiger partial charge on any atom is -0.496 e. The van der Waals surface area contributed by atoms with Gasteiger partial charge in [0.1, 0.15) is 5.75 Å². The number of ether oxygens (including phenoxy) is 1. The van der Waals surface area contributed by atoms with Gasteiger partial charge in [0.25, 0.3) is 0 Å². The molecule has 0 aliphatic carbocycles. The fraction of sp³-hybridized carbons (Fsp3) is 0.667. The monoisotopic (exact) mass is 503 g/mol. The molecule has 1 atom stereocenters. The van der Waals surface area contributed by atoms with Gasteiger partial charge in [0, 0.05) is 57.9 Å². The summed E-state index contributed by atoms with van der Waals surface area (Å²) in [5.41, 5.74) is 1.16. The minimum atomic E-state index is 0. The van der Waals surface area contributed by atoms with Gasteiger partial charge in [0.2, 0.25) is 0 Å². The molecule has 1 aliphatic heterocycles. The lowest BCUT2D eigenvalue weighted by atomic mass is 10.2. The van der Waals surface area contributed by atoms with Crippen LogP contribution in [-0.2, 0) is 6.54 Å². The second-order valence-electron chi connectivity index (χ2n) is 7.18. The summed E-state index contributed by atoms with van der Waals surface area (Å²) in [7, 11) is 3.80. The van der Waals surface area contributed by atoms with E-state index in [0.717, 1.165) is 56.5 Å². The first kappa shape index (κ1) is 25.0. The number of methoxy groups -OCH3 is 1. The number of rotatable bonds is 8. The van der Waals surface area contributed by atoms with Gasteiger partial charge in [0.15, 0.2) is 5.96 Å². The van der Waals surface area contributed by atoms with Crippen molar-refractivity contribution in [3.8, 4) is 5.75 Å². The Morgan fingerprint density at radius 2 is 1.89 bits per heavy atom. The molecule has 0 aromatic heterocycles. The van der Waals surface area contributed by atoms with Crippen molar-refractivity contribution in [2.75, 3.05) is 60.0 Å².